The molecular formula is C14H13BrN2O. The number of nitrogens with zero attached hydrogens (tertiary/aromatic N) is 1. The van der Waals surface area contributed by atoms with E-state index in [1.807, 2.05) is 32.0 Å². The number of benzene rings is 1. The van der Waals surface area contributed by atoms with Crippen molar-refractivity contribution in [3.05, 3.63) is 57.8 Å². The van der Waals surface area contributed by atoms with Crippen molar-refractivity contribution in [2.45, 2.75) is 13.8 Å². The fourth-order valence-electron chi connectivity index (χ4n) is 1.53. The van der Waals surface area contributed by atoms with E-state index in [1.165, 1.54) is 5.56 Å². The molecule has 1 amide bonds. The number of carbonyl (C=O) groups excluding carboxylic acids is 1. The molecule has 3 nitrogen and oxygen atoms in total. The van der Waals surface area contributed by atoms with E-state index < -0.39 is 0 Å². The first kappa shape index (κ1) is 12.8. The summed E-state index contributed by atoms with van der Waals surface area (Å²) >= 11 is 3.24. The SMILES string of the molecule is Cc1ccc(NC(=O)c2ccc(Br)nc2)cc1C. The van der Waals surface area contributed by atoms with Crippen LogP contribution in [0.5, 0.6) is 0 Å². The first-order chi connectivity index (χ1) is 8.56. The van der Waals surface area contributed by atoms with E-state index in [0.29, 0.717) is 10.2 Å². The van der Waals surface area contributed by atoms with Gasteiger partial charge < -0.3 is 5.32 Å². The second-order valence-corrected chi connectivity index (χ2v) is 4.94. The molecule has 0 aliphatic carbocycles. The molecule has 18 heavy (non-hydrogen) atoms. The molecule has 92 valence electrons. The Hall–Kier alpha value is -1.68. The molecule has 0 spiro atoms. The largest absolute Gasteiger partial charge is 0.322 e. The van der Waals surface area contributed by atoms with Crippen LogP contribution in [0.4, 0.5) is 5.69 Å². The van der Waals surface area contributed by atoms with Crippen LogP contribution in [0.1, 0.15) is 21.5 Å². The van der Waals surface area contributed by atoms with Crippen molar-refractivity contribution in [1.82, 2.24) is 4.98 Å². The summed E-state index contributed by atoms with van der Waals surface area (Å²) in [6, 6.07) is 9.32. The van der Waals surface area contributed by atoms with Gasteiger partial charge in [-0.1, -0.05) is 6.07 Å². The minimum atomic E-state index is -0.154. The van der Waals surface area contributed by atoms with Crippen LogP contribution in [0.2, 0.25) is 0 Å². The minimum absolute atomic E-state index is 0.154. The average Bonchev–Trinajstić information content (AvgIpc) is 2.34. The molecule has 1 aromatic heterocycles. The molecule has 0 fully saturated rings. The van der Waals surface area contributed by atoms with Gasteiger partial charge in [-0.25, -0.2) is 4.98 Å². The maximum absolute atomic E-state index is 12.0. The number of hydrogen-bond acceptors (Lipinski definition) is 2. The highest BCUT2D eigenvalue weighted by Gasteiger charge is 2.06. The maximum Gasteiger partial charge on any atom is 0.257 e. The Kier molecular flexibility index (Phi) is 3.77. The van der Waals surface area contributed by atoms with Crippen molar-refractivity contribution in [3.8, 4) is 0 Å². The van der Waals surface area contributed by atoms with E-state index in [-0.39, 0.29) is 5.91 Å². The van der Waals surface area contributed by atoms with Crippen molar-refractivity contribution < 1.29 is 4.79 Å². The van der Waals surface area contributed by atoms with E-state index >= 15 is 0 Å². The van der Waals surface area contributed by atoms with Crippen LogP contribution >= 0.6 is 15.9 Å². The van der Waals surface area contributed by atoms with Crippen molar-refractivity contribution in [1.29, 1.82) is 0 Å². The second-order valence-electron chi connectivity index (χ2n) is 4.12. The molecule has 0 atom stereocenters. The van der Waals surface area contributed by atoms with Crippen molar-refractivity contribution in [2.24, 2.45) is 0 Å². The van der Waals surface area contributed by atoms with E-state index in [1.54, 1.807) is 18.3 Å². The lowest BCUT2D eigenvalue weighted by Crippen LogP contribution is -2.12. The minimum Gasteiger partial charge on any atom is -0.322 e. The smallest absolute Gasteiger partial charge is 0.257 e. The summed E-state index contributed by atoms with van der Waals surface area (Å²) in [7, 11) is 0. The third kappa shape index (κ3) is 2.96. The number of nitrogens with one attached hydrogen (secondary N) is 1. The Morgan fingerprint density at radius 1 is 1.17 bits per heavy atom. The summed E-state index contributed by atoms with van der Waals surface area (Å²) in [5, 5.41) is 2.85. The van der Waals surface area contributed by atoms with E-state index in [0.717, 1.165) is 11.3 Å². The molecule has 0 aliphatic rings. The van der Waals surface area contributed by atoms with E-state index in [2.05, 4.69) is 26.2 Å². The van der Waals surface area contributed by atoms with Crippen molar-refractivity contribution >= 4 is 27.5 Å². The van der Waals surface area contributed by atoms with Gasteiger partial charge >= 0.3 is 0 Å². The van der Waals surface area contributed by atoms with Gasteiger partial charge in [0.25, 0.3) is 5.91 Å². The lowest BCUT2D eigenvalue weighted by Gasteiger charge is -2.07. The van der Waals surface area contributed by atoms with Gasteiger partial charge in [0.1, 0.15) is 4.60 Å². The van der Waals surface area contributed by atoms with Crippen LogP contribution in [0.15, 0.2) is 41.1 Å². The number of aromatic nitrogens is 1. The maximum atomic E-state index is 12.0. The van der Waals surface area contributed by atoms with Crippen LogP contribution in [0.3, 0.4) is 0 Å². The molecule has 4 heteroatoms. The molecule has 0 saturated carbocycles. The third-order valence-corrected chi connectivity index (χ3v) is 3.22. The van der Waals surface area contributed by atoms with Crippen molar-refractivity contribution in [2.75, 3.05) is 5.32 Å². The number of aryl methyl sites for hydroxylation is 2. The first-order valence-electron chi connectivity index (χ1n) is 5.56. The Morgan fingerprint density at radius 3 is 2.56 bits per heavy atom. The predicted molar refractivity (Wildman–Crippen MR) is 75.8 cm³/mol. The van der Waals surface area contributed by atoms with Gasteiger partial charge in [-0.3, -0.25) is 4.79 Å². The number of halogens is 1. The monoisotopic (exact) mass is 304 g/mol. The molecule has 1 heterocycles. The van der Waals surface area contributed by atoms with Gasteiger partial charge in [0.05, 0.1) is 5.56 Å². The molecule has 2 aromatic rings. The summed E-state index contributed by atoms with van der Waals surface area (Å²) in [4.78, 5) is 16.0. The lowest BCUT2D eigenvalue weighted by atomic mass is 10.1. The van der Waals surface area contributed by atoms with Gasteiger partial charge in [-0.15, -0.1) is 0 Å². The number of anilines is 1. The Labute approximate surface area is 114 Å². The highest BCUT2D eigenvalue weighted by molar-refractivity contribution is 9.10. The van der Waals surface area contributed by atoms with E-state index in [9.17, 15) is 4.79 Å². The quantitative estimate of drug-likeness (QED) is 0.859. The normalized spacial score (nSPS) is 10.2. The van der Waals surface area contributed by atoms with Gasteiger partial charge in [-0.05, 0) is 65.2 Å². The van der Waals surface area contributed by atoms with Gasteiger partial charge in [0.15, 0.2) is 0 Å². The predicted octanol–water partition coefficient (Wildman–Crippen LogP) is 3.71. The highest BCUT2D eigenvalue weighted by atomic mass is 79.9. The average molecular weight is 305 g/mol. The van der Waals surface area contributed by atoms with Gasteiger partial charge in [0.2, 0.25) is 0 Å². The first-order valence-corrected chi connectivity index (χ1v) is 6.36. The van der Waals surface area contributed by atoms with Crippen LogP contribution in [0.25, 0.3) is 0 Å². The number of carbonyl (C=O) groups is 1. The Morgan fingerprint density at radius 2 is 1.94 bits per heavy atom. The molecule has 0 unspecified atom stereocenters. The zero-order chi connectivity index (χ0) is 13.1. The lowest BCUT2D eigenvalue weighted by molar-refractivity contribution is 0.102. The molecule has 2 rings (SSSR count). The third-order valence-electron chi connectivity index (χ3n) is 2.75. The zero-order valence-corrected chi connectivity index (χ0v) is 11.8. The topological polar surface area (TPSA) is 42.0 Å². The van der Waals surface area contributed by atoms with Crippen LogP contribution in [0, 0.1) is 13.8 Å². The standard InChI is InChI=1S/C14H13BrN2O/c1-9-3-5-12(7-10(9)2)17-14(18)11-4-6-13(15)16-8-11/h3-8H,1-2H3,(H,17,18). The number of hydrogen-bond donors (Lipinski definition) is 1. The molecule has 1 aromatic carbocycles. The molecular weight excluding hydrogens is 292 g/mol. The summed E-state index contributed by atoms with van der Waals surface area (Å²) in [6.07, 6.45) is 1.54. The van der Waals surface area contributed by atoms with Gasteiger partial charge in [0, 0.05) is 11.9 Å². The van der Waals surface area contributed by atoms with E-state index in [4.69, 9.17) is 0 Å². The molecule has 1 N–H and O–H groups in total. The molecule has 0 radical (unpaired) electrons. The fourth-order valence-corrected chi connectivity index (χ4v) is 1.77. The van der Waals surface area contributed by atoms with Crippen LogP contribution < -0.4 is 5.32 Å². The number of pyridine rings is 1. The van der Waals surface area contributed by atoms with Crippen molar-refractivity contribution in [3.63, 3.8) is 0 Å². The Balaban J connectivity index is 2.16. The van der Waals surface area contributed by atoms with Crippen LogP contribution in [-0.2, 0) is 0 Å². The van der Waals surface area contributed by atoms with Crippen LogP contribution in [-0.4, -0.2) is 10.9 Å². The summed E-state index contributed by atoms with van der Waals surface area (Å²) in [5.74, 6) is -0.154. The zero-order valence-electron chi connectivity index (χ0n) is 10.2. The fraction of sp³-hybridized carbons (Fsp3) is 0.143. The summed E-state index contributed by atoms with van der Waals surface area (Å²) in [5.41, 5.74) is 3.70. The van der Waals surface area contributed by atoms with Gasteiger partial charge in [-0.2, -0.15) is 0 Å². The molecule has 0 aliphatic heterocycles. The Bertz CT molecular complexity index is 579. The summed E-state index contributed by atoms with van der Waals surface area (Å²) < 4.78 is 0.713. The number of rotatable bonds is 2. The number of amides is 1. The second kappa shape index (κ2) is 5.31. The molecule has 0 saturated heterocycles. The highest BCUT2D eigenvalue weighted by Crippen LogP contribution is 2.15. The molecule has 0 bridgehead atoms. The summed E-state index contributed by atoms with van der Waals surface area (Å²) in [6.45, 7) is 4.06.